The highest BCUT2D eigenvalue weighted by Crippen LogP contribution is 2.49. The fourth-order valence-corrected chi connectivity index (χ4v) is 8.80. The monoisotopic (exact) mass is 921 g/mol. The lowest BCUT2D eigenvalue weighted by Gasteiger charge is -2.31. The van der Waals surface area contributed by atoms with Crippen molar-refractivity contribution >= 4 is 50.7 Å². The van der Waals surface area contributed by atoms with Gasteiger partial charge in [-0.25, -0.2) is 24.1 Å². The highest BCUT2D eigenvalue weighted by Gasteiger charge is 2.31. The number of anilines is 1. The molecule has 2 N–H and O–H groups in total. The van der Waals surface area contributed by atoms with E-state index in [1.807, 2.05) is 13.0 Å². The van der Waals surface area contributed by atoms with E-state index in [1.165, 1.54) is 42.1 Å². The zero-order valence-corrected chi connectivity index (χ0v) is 35.7. The normalized spacial score (nSPS) is 16.0. The number of rotatable bonds is 11. The SMILES string of the molecule is Cc1c2ccc(c1Cl)N(CCN1CCNCC1)C(=O)COc1ccc(OCc3ccnc(OCCC(F)(F)F)n3)c(c1)C[C@H](C(=O)O)Oc1ncnc3sc(-c4ccc(F)cc4)c-2c13. The van der Waals surface area contributed by atoms with Gasteiger partial charge in [-0.3, -0.25) is 9.69 Å². The van der Waals surface area contributed by atoms with Crippen molar-refractivity contribution in [3.63, 3.8) is 0 Å². The van der Waals surface area contributed by atoms with Gasteiger partial charge in [0.05, 0.1) is 28.2 Å². The first-order chi connectivity index (χ1) is 30.8. The van der Waals surface area contributed by atoms with E-state index >= 15 is 0 Å². The van der Waals surface area contributed by atoms with E-state index in [1.54, 1.807) is 41.3 Å². The highest BCUT2D eigenvalue weighted by molar-refractivity contribution is 7.22. The van der Waals surface area contributed by atoms with Gasteiger partial charge in [0.25, 0.3) is 5.91 Å². The zero-order valence-electron chi connectivity index (χ0n) is 34.2. The van der Waals surface area contributed by atoms with Crippen molar-refractivity contribution in [2.24, 2.45) is 0 Å². The number of hydrogen-bond donors (Lipinski definition) is 2. The molecule has 3 aliphatic heterocycles. The van der Waals surface area contributed by atoms with E-state index < -0.39 is 43.7 Å². The van der Waals surface area contributed by atoms with E-state index in [4.69, 9.17) is 30.5 Å². The number of nitrogens with one attached hydrogen (secondary N) is 1. The van der Waals surface area contributed by atoms with E-state index in [0.717, 1.165) is 26.2 Å². The lowest BCUT2D eigenvalue weighted by molar-refractivity contribution is -0.145. The number of amides is 1. The van der Waals surface area contributed by atoms with Crippen molar-refractivity contribution in [1.29, 1.82) is 0 Å². The van der Waals surface area contributed by atoms with Crippen LogP contribution < -0.4 is 29.2 Å². The average Bonchev–Trinajstić information content (AvgIpc) is 3.66. The van der Waals surface area contributed by atoms with Crippen LogP contribution >= 0.6 is 22.9 Å². The van der Waals surface area contributed by atoms with Crippen LogP contribution in [0, 0.1) is 12.7 Å². The summed E-state index contributed by atoms with van der Waals surface area (Å²) in [7, 11) is 0. The number of carboxylic acid groups (broad SMARTS) is 1. The Morgan fingerprint density at radius 1 is 1.03 bits per heavy atom. The molecule has 334 valence electrons. The third-order valence-electron chi connectivity index (χ3n) is 10.6. The molecule has 3 aliphatic rings. The molecule has 4 bridgehead atoms. The average molecular weight is 922 g/mol. The molecule has 14 nitrogen and oxygen atoms in total. The summed E-state index contributed by atoms with van der Waals surface area (Å²) in [6.07, 6.45) is -4.90. The first-order valence-electron chi connectivity index (χ1n) is 20.2. The number of carboxylic acids is 1. The molecular formula is C44H40ClF4N7O7S. The Labute approximate surface area is 372 Å². The number of alkyl halides is 3. The third kappa shape index (κ3) is 10.3. The molecule has 20 heteroatoms. The lowest BCUT2D eigenvalue weighted by Crippen LogP contribution is -2.47. The number of benzene rings is 3. The van der Waals surface area contributed by atoms with Gasteiger partial charge >= 0.3 is 18.2 Å². The molecule has 6 heterocycles. The fourth-order valence-electron chi connectivity index (χ4n) is 7.38. The number of aliphatic carboxylic acids is 1. The number of thiophene rings is 1. The van der Waals surface area contributed by atoms with Gasteiger partial charge in [-0.1, -0.05) is 29.8 Å². The number of hydrogen-bond acceptors (Lipinski definition) is 13. The van der Waals surface area contributed by atoms with Gasteiger partial charge in [0.15, 0.2) is 6.61 Å². The maximum absolute atomic E-state index is 14.3. The summed E-state index contributed by atoms with van der Waals surface area (Å²) in [5.41, 5.74) is 3.48. The lowest BCUT2D eigenvalue weighted by atomic mass is 9.95. The summed E-state index contributed by atoms with van der Waals surface area (Å²) >= 11 is 8.55. The summed E-state index contributed by atoms with van der Waals surface area (Å²) < 4.78 is 76.0. The molecule has 9 rings (SSSR count). The predicted octanol–water partition coefficient (Wildman–Crippen LogP) is 7.53. The van der Waals surface area contributed by atoms with Crippen LogP contribution in [0.5, 0.6) is 23.4 Å². The van der Waals surface area contributed by atoms with Crippen LogP contribution in [0.1, 0.15) is 23.2 Å². The predicted molar refractivity (Wildman–Crippen MR) is 230 cm³/mol. The molecule has 3 aromatic carbocycles. The number of carbonyl (C=O) groups excluding carboxylic acids is 1. The maximum Gasteiger partial charge on any atom is 0.392 e. The van der Waals surface area contributed by atoms with Crippen molar-refractivity contribution in [1.82, 2.24) is 30.2 Å². The smallest absolute Gasteiger partial charge is 0.392 e. The van der Waals surface area contributed by atoms with Crippen LogP contribution in [-0.2, 0) is 22.6 Å². The molecule has 0 unspecified atom stereocenters. The van der Waals surface area contributed by atoms with Crippen molar-refractivity contribution in [3.8, 4) is 45.0 Å². The van der Waals surface area contributed by atoms with E-state index in [9.17, 15) is 32.3 Å². The Kier molecular flexibility index (Phi) is 13.4. The van der Waals surface area contributed by atoms with Crippen molar-refractivity contribution < 1.29 is 51.2 Å². The minimum Gasteiger partial charge on any atom is -0.487 e. The molecule has 0 aliphatic carbocycles. The quantitative estimate of drug-likeness (QED) is 0.123. The number of halogens is 5. The summed E-state index contributed by atoms with van der Waals surface area (Å²) in [4.78, 5) is 49.4. The van der Waals surface area contributed by atoms with Crippen molar-refractivity contribution in [3.05, 3.63) is 101 Å². The van der Waals surface area contributed by atoms with Gasteiger partial charge in [0, 0.05) is 67.9 Å². The van der Waals surface area contributed by atoms with E-state index in [2.05, 4.69) is 30.2 Å². The Morgan fingerprint density at radius 2 is 1.83 bits per heavy atom. The molecule has 1 fully saturated rings. The van der Waals surface area contributed by atoms with Gasteiger partial charge < -0.3 is 34.3 Å². The molecule has 64 heavy (non-hydrogen) atoms. The number of ether oxygens (including phenoxy) is 4. The Bertz CT molecular complexity index is 2670. The van der Waals surface area contributed by atoms with Crippen molar-refractivity contribution in [2.45, 2.75) is 38.7 Å². The molecule has 1 atom stereocenters. The second-order valence-corrected chi connectivity index (χ2v) is 16.3. The molecule has 1 amide bonds. The largest absolute Gasteiger partial charge is 0.487 e. The van der Waals surface area contributed by atoms with Crippen molar-refractivity contribution in [2.75, 3.05) is 57.4 Å². The molecule has 0 radical (unpaired) electrons. The van der Waals surface area contributed by atoms with Crippen LogP contribution in [0.4, 0.5) is 23.2 Å². The van der Waals surface area contributed by atoms with Crippen LogP contribution in [0.15, 0.2) is 73.2 Å². The second kappa shape index (κ2) is 19.3. The van der Waals surface area contributed by atoms with Crippen LogP contribution in [0.2, 0.25) is 5.02 Å². The number of fused-ring (bicyclic) bond motifs is 7. The highest BCUT2D eigenvalue weighted by atomic mass is 35.5. The van der Waals surface area contributed by atoms with Gasteiger partial charge in [-0.05, 0) is 66.1 Å². The van der Waals surface area contributed by atoms with E-state index in [0.29, 0.717) is 66.7 Å². The first kappa shape index (κ1) is 44.5. The van der Waals surface area contributed by atoms with Gasteiger partial charge in [0.1, 0.15) is 41.7 Å². The Balaban J connectivity index is 1.21. The number of carbonyl (C=O) groups is 2. The summed E-state index contributed by atoms with van der Waals surface area (Å²) in [6.45, 7) is 4.63. The van der Waals surface area contributed by atoms with Crippen LogP contribution in [-0.4, -0.2) is 107 Å². The summed E-state index contributed by atoms with van der Waals surface area (Å²) in [5.74, 6) is -1.78. The zero-order chi connectivity index (χ0) is 45.0. The first-order valence-corrected chi connectivity index (χ1v) is 21.4. The molecule has 6 aromatic rings. The molecule has 0 spiro atoms. The topological polar surface area (TPSA) is 161 Å². The van der Waals surface area contributed by atoms with Crippen LogP contribution in [0.25, 0.3) is 31.8 Å². The second-order valence-electron chi connectivity index (χ2n) is 14.9. The summed E-state index contributed by atoms with van der Waals surface area (Å²) in [5, 5.41) is 14.7. The maximum atomic E-state index is 14.3. The number of aromatic nitrogens is 4. The van der Waals surface area contributed by atoms with Gasteiger partial charge in [-0.2, -0.15) is 18.2 Å². The number of nitrogens with zero attached hydrogens (tertiary/aromatic N) is 6. The Hall–Kier alpha value is -6.15. The fraction of sp³-hybridized carbons (Fsp3) is 0.318. The minimum absolute atomic E-state index is 0.0392. The summed E-state index contributed by atoms with van der Waals surface area (Å²) in [6, 6.07) is 15.4. The van der Waals surface area contributed by atoms with Crippen LogP contribution in [0.3, 0.4) is 0 Å². The molecule has 1 saturated heterocycles. The number of piperazine rings is 1. The molecule has 3 aromatic heterocycles. The van der Waals surface area contributed by atoms with Gasteiger partial charge in [-0.15, -0.1) is 11.3 Å². The van der Waals surface area contributed by atoms with E-state index in [-0.39, 0.29) is 48.0 Å². The standard InChI is InChI=1S/C44H40ClF4N7O7S/c1-25-31-7-8-32(38(25)45)56(18-17-55-15-13-50-14-16-55)35(57)23-61-30-6-9-33(62-22-29-10-12-51-43(54-29)60-19-11-44(47,48)49)27(20-30)21-34(42(58)59)63-40-37-36(31)39(64-41(37)53-24-52-40)26-2-4-28(46)5-3-26/h2-10,12,20,24,34,50H,11,13-19,21-23H2,1H3,(H,58,59)/t34-/m1/s1. The minimum atomic E-state index is -4.42. The third-order valence-corrected chi connectivity index (χ3v) is 12.3. The molecule has 0 saturated carbocycles. The molecular weight excluding hydrogens is 882 g/mol. The van der Waals surface area contributed by atoms with Gasteiger partial charge in [0.2, 0.25) is 12.0 Å². The Morgan fingerprint density at radius 3 is 2.59 bits per heavy atom.